The monoisotopic (exact) mass is 312 g/mol. The van der Waals surface area contributed by atoms with E-state index < -0.39 is 0 Å². The Morgan fingerprint density at radius 2 is 2.17 bits per heavy atom. The van der Waals surface area contributed by atoms with Crippen LogP contribution in [0.25, 0.3) is 0 Å². The highest BCUT2D eigenvalue weighted by Gasteiger charge is 2.34. The van der Waals surface area contributed by atoms with Crippen molar-refractivity contribution < 1.29 is 9.32 Å². The van der Waals surface area contributed by atoms with Crippen LogP contribution in [-0.2, 0) is 11.2 Å². The van der Waals surface area contributed by atoms with Crippen LogP contribution in [0.3, 0.4) is 0 Å². The quantitative estimate of drug-likeness (QED) is 0.864. The summed E-state index contributed by atoms with van der Waals surface area (Å²) in [6.07, 6.45) is 2.09. The van der Waals surface area contributed by atoms with Crippen molar-refractivity contribution in [3.63, 3.8) is 0 Å². The molecule has 1 fully saturated rings. The first-order valence-corrected chi connectivity index (χ1v) is 8.11. The minimum absolute atomic E-state index is 0.178. The van der Waals surface area contributed by atoms with Crippen LogP contribution in [0.1, 0.15) is 29.6 Å². The molecule has 0 spiro atoms. The molecule has 4 rings (SSSR count). The second-order valence-corrected chi connectivity index (χ2v) is 6.35. The summed E-state index contributed by atoms with van der Waals surface area (Å²) in [5.41, 5.74) is 2.35. The lowest BCUT2D eigenvalue weighted by Crippen LogP contribution is -2.51. The van der Waals surface area contributed by atoms with Gasteiger partial charge in [0.15, 0.2) is 5.82 Å². The van der Waals surface area contributed by atoms with Gasteiger partial charge < -0.3 is 9.42 Å². The SMILES string of the molecule is Cc1noc(C2CN(CC(=O)N3CCCc4ccccc43)C2)n1. The van der Waals surface area contributed by atoms with Gasteiger partial charge in [-0.1, -0.05) is 23.4 Å². The Bertz CT molecular complexity index is 721. The van der Waals surface area contributed by atoms with Crippen molar-refractivity contribution in [2.24, 2.45) is 0 Å². The summed E-state index contributed by atoms with van der Waals surface area (Å²) >= 11 is 0. The Kier molecular flexibility index (Phi) is 3.61. The number of rotatable bonds is 3. The molecular formula is C17H20N4O2. The van der Waals surface area contributed by atoms with Crippen molar-refractivity contribution in [2.75, 3.05) is 31.1 Å². The van der Waals surface area contributed by atoms with Gasteiger partial charge in [-0.2, -0.15) is 4.98 Å². The number of aromatic nitrogens is 2. The number of benzene rings is 1. The second kappa shape index (κ2) is 5.77. The fourth-order valence-corrected chi connectivity index (χ4v) is 3.40. The number of carbonyl (C=O) groups excluding carboxylic acids is 1. The molecule has 1 aromatic heterocycles. The third-order valence-corrected chi connectivity index (χ3v) is 4.62. The van der Waals surface area contributed by atoms with Crippen molar-refractivity contribution in [3.8, 4) is 0 Å². The van der Waals surface area contributed by atoms with Crippen LogP contribution in [0.5, 0.6) is 0 Å². The Labute approximate surface area is 135 Å². The fourth-order valence-electron chi connectivity index (χ4n) is 3.40. The van der Waals surface area contributed by atoms with E-state index in [1.807, 2.05) is 30.0 Å². The van der Waals surface area contributed by atoms with Gasteiger partial charge in [0.2, 0.25) is 11.8 Å². The average Bonchev–Trinajstić information content (AvgIpc) is 2.95. The fraction of sp³-hybridized carbons (Fsp3) is 0.471. The van der Waals surface area contributed by atoms with E-state index in [1.165, 1.54) is 5.56 Å². The van der Waals surface area contributed by atoms with E-state index in [0.29, 0.717) is 18.3 Å². The molecule has 0 unspecified atom stereocenters. The molecule has 0 bridgehead atoms. The minimum Gasteiger partial charge on any atom is -0.339 e. The maximum Gasteiger partial charge on any atom is 0.241 e. The first kappa shape index (κ1) is 14.4. The Balaban J connectivity index is 1.37. The molecule has 1 aromatic carbocycles. The molecule has 0 saturated carbocycles. The number of likely N-dealkylation sites (tertiary alicyclic amines) is 1. The van der Waals surface area contributed by atoms with E-state index in [2.05, 4.69) is 21.1 Å². The third kappa shape index (κ3) is 2.74. The zero-order valence-electron chi connectivity index (χ0n) is 13.2. The largest absolute Gasteiger partial charge is 0.339 e. The summed E-state index contributed by atoms with van der Waals surface area (Å²) < 4.78 is 5.20. The zero-order chi connectivity index (χ0) is 15.8. The summed E-state index contributed by atoms with van der Waals surface area (Å²) in [5.74, 6) is 1.80. The third-order valence-electron chi connectivity index (χ3n) is 4.62. The van der Waals surface area contributed by atoms with Crippen LogP contribution in [-0.4, -0.2) is 47.1 Å². The highest BCUT2D eigenvalue weighted by atomic mass is 16.5. The summed E-state index contributed by atoms with van der Waals surface area (Å²) in [6, 6.07) is 8.21. The number of aryl methyl sites for hydroxylation is 2. The van der Waals surface area contributed by atoms with Gasteiger partial charge in [-0.15, -0.1) is 0 Å². The van der Waals surface area contributed by atoms with Crippen molar-refractivity contribution >= 4 is 11.6 Å². The van der Waals surface area contributed by atoms with E-state index >= 15 is 0 Å². The van der Waals surface area contributed by atoms with E-state index in [0.717, 1.165) is 38.2 Å². The molecule has 120 valence electrons. The van der Waals surface area contributed by atoms with E-state index in [-0.39, 0.29) is 11.8 Å². The highest BCUT2D eigenvalue weighted by Crippen LogP contribution is 2.29. The Morgan fingerprint density at radius 1 is 1.35 bits per heavy atom. The van der Waals surface area contributed by atoms with Crippen molar-refractivity contribution in [3.05, 3.63) is 41.5 Å². The van der Waals surface area contributed by atoms with Gasteiger partial charge >= 0.3 is 0 Å². The molecule has 2 aliphatic heterocycles. The molecule has 2 aliphatic rings. The van der Waals surface area contributed by atoms with Crippen LogP contribution >= 0.6 is 0 Å². The van der Waals surface area contributed by atoms with Gasteiger partial charge in [0.05, 0.1) is 12.5 Å². The van der Waals surface area contributed by atoms with Crippen LogP contribution in [0.4, 0.5) is 5.69 Å². The predicted molar refractivity (Wildman–Crippen MR) is 85.3 cm³/mol. The maximum absolute atomic E-state index is 12.6. The first-order valence-electron chi connectivity index (χ1n) is 8.11. The van der Waals surface area contributed by atoms with Crippen molar-refractivity contribution in [1.82, 2.24) is 15.0 Å². The molecule has 23 heavy (non-hydrogen) atoms. The van der Waals surface area contributed by atoms with Crippen LogP contribution in [0.15, 0.2) is 28.8 Å². The molecule has 6 nitrogen and oxygen atoms in total. The van der Waals surface area contributed by atoms with Crippen molar-refractivity contribution in [1.29, 1.82) is 0 Å². The second-order valence-electron chi connectivity index (χ2n) is 6.35. The highest BCUT2D eigenvalue weighted by molar-refractivity contribution is 5.96. The number of para-hydroxylation sites is 1. The first-order chi connectivity index (χ1) is 11.2. The van der Waals surface area contributed by atoms with Gasteiger partial charge in [0.25, 0.3) is 0 Å². The predicted octanol–water partition coefficient (Wildman–Crippen LogP) is 1.76. The number of hydrogen-bond acceptors (Lipinski definition) is 5. The smallest absolute Gasteiger partial charge is 0.241 e. The normalized spacial score (nSPS) is 18.6. The summed E-state index contributed by atoms with van der Waals surface area (Å²) in [7, 11) is 0. The van der Waals surface area contributed by atoms with Crippen LogP contribution in [0, 0.1) is 6.92 Å². The number of anilines is 1. The van der Waals surface area contributed by atoms with E-state index in [1.54, 1.807) is 0 Å². The molecule has 3 heterocycles. The van der Waals surface area contributed by atoms with Crippen LogP contribution in [0.2, 0.25) is 0 Å². The summed E-state index contributed by atoms with van der Waals surface area (Å²) in [5, 5.41) is 3.82. The molecule has 1 saturated heterocycles. The lowest BCUT2D eigenvalue weighted by Gasteiger charge is -2.38. The number of hydrogen-bond donors (Lipinski definition) is 0. The maximum atomic E-state index is 12.6. The van der Waals surface area contributed by atoms with Gasteiger partial charge in [0.1, 0.15) is 0 Å². The van der Waals surface area contributed by atoms with Crippen molar-refractivity contribution in [2.45, 2.75) is 25.7 Å². The Hall–Kier alpha value is -2.21. The number of nitrogens with zero attached hydrogens (tertiary/aromatic N) is 4. The average molecular weight is 312 g/mol. The molecule has 0 N–H and O–H groups in total. The van der Waals surface area contributed by atoms with Gasteiger partial charge in [-0.3, -0.25) is 9.69 Å². The molecule has 0 radical (unpaired) electrons. The molecular weight excluding hydrogens is 292 g/mol. The van der Waals surface area contributed by atoms with E-state index in [4.69, 9.17) is 4.52 Å². The minimum atomic E-state index is 0.178. The molecule has 0 aliphatic carbocycles. The lowest BCUT2D eigenvalue weighted by molar-refractivity contribution is -0.121. The number of fused-ring (bicyclic) bond motifs is 1. The molecule has 6 heteroatoms. The molecule has 0 atom stereocenters. The summed E-state index contributed by atoms with van der Waals surface area (Å²) in [6.45, 7) is 4.71. The van der Waals surface area contributed by atoms with Gasteiger partial charge in [-0.05, 0) is 31.4 Å². The standard InChI is InChI=1S/C17H20N4O2/c1-12-18-17(23-19-12)14-9-20(10-14)11-16(22)21-8-4-6-13-5-2-3-7-15(13)21/h2-3,5,7,14H,4,6,8-11H2,1H3. The molecule has 2 aromatic rings. The topological polar surface area (TPSA) is 62.5 Å². The zero-order valence-corrected chi connectivity index (χ0v) is 13.2. The van der Waals surface area contributed by atoms with E-state index in [9.17, 15) is 4.79 Å². The van der Waals surface area contributed by atoms with Gasteiger partial charge in [-0.25, -0.2) is 0 Å². The number of amides is 1. The Morgan fingerprint density at radius 3 is 2.96 bits per heavy atom. The van der Waals surface area contributed by atoms with Gasteiger partial charge in [0, 0.05) is 25.3 Å². The lowest BCUT2D eigenvalue weighted by atomic mass is 9.99. The molecule has 1 amide bonds. The summed E-state index contributed by atoms with van der Waals surface area (Å²) in [4.78, 5) is 21.0. The van der Waals surface area contributed by atoms with Crippen LogP contribution < -0.4 is 4.90 Å². The number of carbonyl (C=O) groups is 1.